The summed E-state index contributed by atoms with van der Waals surface area (Å²) in [7, 11) is 0. The van der Waals surface area contributed by atoms with Gasteiger partial charge in [0.25, 0.3) is 0 Å². The highest BCUT2D eigenvalue weighted by Gasteiger charge is 2.30. The second kappa shape index (κ2) is 8.30. The van der Waals surface area contributed by atoms with Crippen LogP contribution in [0.3, 0.4) is 0 Å². The van der Waals surface area contributed by atoms with Crippen LogP contribution < -0.4 is 5.32 Å². The van der Waals surface area contributed by atoms with Gasteiger partial charge in [0.2, 0.25) is 5.91 Å². The van der Waals surface area contributed by atoms with Crippen molar-refractivity contribution in [3.63, 3.8) is 0 Å². The van der Waals surface area contributed by atoms with Crippen molar-refractivity contribution in [2.75, 3.05) is 11.9 Å². The molecule has 0 spiro atoms. The number of nitriles is 1. The van der Waals surface area contributed by atoms with E-state index in [0.29, 0.717) is 23.4 Å². The number of likely N-dealkylation sites (tertiary alicyclic amines) is 1. The summed E-state index contributed by atoms with van der Waals surface area (Å²) in [5.74, 6) is -0.600. The number of rotatable bonds is 5. The van der Waals surface area contributed by atoms with Crippen LogP contribution >= 0.6 is 0 Å². The summed E-state index contributed by atoms with van der Waals surface area (Å²) in [6, 6.07) is 3.84. The van der Waals surface area contributed by atoms with Crippen LogP contribution in [0.4, 0.5) is 5.69 Å². The minimum absolute atomic E-state index is 0.0371. The second-order valence-corrected chi connectivity index (χ2v) is 7.39. The molecule has 0 unspecified atom stereocenters. The molecule has 3 heterocycles. The van der Waals surface area contributed by atoms with Gasteiger partial charge in [0.1, 0.15) is 17.6 Å². The molecule has 8 heteroatoms. The van der Waals surface area contributed by atoms with Crippen molar-refractivity contribution in [3.05, 3.63) is 24.0 Å². The minimum Gasteiger partial charge on any atom is -0.459 e. The van der Waals surface area contributed by atoms with Gasteiger partial charge < -0.3 is 19.9 Å². The number of nitrogens with one attached hydrogen (secondary N) is 2. The lowest BCUT2D eigenvalue weighted by atomic mass is 9.98. The molecule has 28 heavy (non-hydrogen) atoms. The summed E-state index contributed by atoms with van der Waals surface area (Å²) in [5, 5.41) is 13.1. The number of pyridine rings is 1. The van der Waals surface area contributed by atoms with Crippen LogP contribution in [0, 0.1) is 11.3 Å². The first-order valence-electron chi connectivity index (χ1n) is 9.50. The quantitative estimate of drug-likeness (QED) is 0.768. The lowest BCUT2D eigenvalue weighted by Crippen LogP contribution is -2.49. The molecule has 1 amide bonds. The molecule has 2 aromatic rings. The Balaban J connectivity index is 1.88. The Kier molecular flexibility index (Phi) is 5.83. The molecule has 1 aliphatic rings. The predicted octanol–water partition coefficient (Wildman–Crippen LogP) is 2.83. The maximum absolute atomic E-state index is 12.6. The second-order valence-electron chi connectivity index (χ2n) is 7.39. The van der Waals surface area contributed by atoms with Gasteiger partial charge in [-0.05, 0) is 39.7 Å². The molecule has 1 fully saturated rings. The Labute approximate surface area is 163 Å². The fraction of sp³-hybridized carbons (Fsp3) is 0.500. The zero-order valence-electron chi connectivity index (χ0n) is 16.4. The number of carbonyl (C=O) groups is 2. The minimum atomic E-state index is -0.435. The Bertz CT molecular complexity index is 914. The molecule has 1 saturated heterocycles. The van der Waals surface area contributed by atoms with Crippen molar-refractivity contribution in [1.29, 1.82) is 5.26 Å². The Morgan fingerprint density at radius 3 is 2.96 bits per heavy atom. The van der Waals surface area contributed by atoms with Gasteiger partial charge in [-0.2, -0.15) is 5.26 Å². The Hall–Kier alpha value is -3.08. The summed E-state index contributed by atoms with van der Waals surface area (Å²) in [6.45, 7) is 6.07. The molecule has 0 aliphatic carbocycles. The molecule has 2 atom stereocenters. The number of aromatic amines is 1. The summed E-state index contributed by atoms with van der Waals surface area (Å²) >= 11 is 0. The van der Waals surface area contributed by atoms with E-state index in [2.05, 4.69) is 15.3 Å². The lowest BCUT2D eigenvalue weighted by Gasteiger charge is -2.38. The molecule has 0 saturated carbocycles. The van der Waals surface area contributed by atoms with E-state index in [1.807, 2.05) is 19.1 Å². The Morgan fingerprint density at radius 1 is 1.46 bits per heavy atom. The fourth-order valence-electron chi connectivity index (χ4n) is 3.54. The standard InChI is InChI=1S/C20H25N5O3/c1-12(2)28-20(27)16-10-23-19-15(7-9-22-19)18(16)24-14-5-4-13(3)25(11-14)17(26)6-8-21/h7,9-10,12-14H,4-6,11H2,1-3H3,(H2,22,23,24)/t13-,14+/m0/s1. The topological polar surface area (TPSA) is 111 Å². The third-order valence-corrected chi connectivity index (χ3v) is 4.93. The maximum Gasteiger partial charge on any atom is 0.342 e. The van der Waals surface area contributed by atoms with Gasteiger partial charge in [-0.25, -0.2) is 9.78 Å². The molecule has 3 rings (SSSR count). The van der Waals surface area contributed by atoms with Crippen molar-refractivity contribution in [2.24, 2.45) is 0 Å². The number of ether oxygens (including phenoxy) is 1. The first-order chi connectivity index (χ1) is 13.4. The van der Waals surface area contributed by atoms with E-state index in [0.717, 1.165) is 18.2 Å². The van der Waals surface area contributed by atoms with E-state index in [4.69, 9.17) is 10.00 Å². The number of anilines is 1. The molecular weight excluding hydrogens is 358 g/mol. The van der Waals surface area contributed by atoms with Crippen molar-refractivity contribution in [3.8, 4) is 6.07 Å². The van der Waals surface area contributed by atoms with Gasteiger partial charge in [0.15, 0.2) is 0 Å². The van der Waals surface area contributed by atoms with E-state index in [-0.39, 0.29) is 30.5 Å². The van der Waals surface area contributed by atoms with Crippen LogP contribution in [-0.4, -0.2) is 51.5 Å². The van der Waals surface area contributed by atoms with E-state index in [1.165, 1.54) is 6.20 Å². The first kappa shape index (κ1) is 19.7. The molecule has 0 aromatic carbocycles. The van der Waals surface area contributed by atoms with Crippen LogP contribution in [0.5, 0.6) is 0 Å². The van der Waals surface area contributed by atoms with Crippen molar-refractivity contribution >= 4 is 28.6 Å². The van der Waals surface area contributed by atoms with Crippen molar-refractivity contribution in [1.82, 2.24) is 14.9 Å². The third-order valence-electron chi connectivity index (χ3n) is 4.93. The molecular formula is C20H25N5O3. The highest BCUT2D eigenvalue weighted by Crippen LogP contribution is 2.29. The van der Waals surface area contributed by atoms with E-state index < -0.39 is 5.97 Å². The molecule has 2 N–H and O–H groups in total. The maximum atomic E-state index is 12.6. The monoisotopic (exact) mass is 383 g/mol. The SMILES string of the molecule is CC(C)OC(=O)c1cnc2[nH]ccc2c1N[C@@H]1CC[C@H](C)N(C(=O)CC#N)C1. The Morgan fingerprint density at radius 2 is 2.25 bits per heavy atom. The fourth-order valence-corrected chi connectivity index (χ4v) is 3.54. The molecule has 2 aromatic heterocycles. The van der Waals surface area contributed by atoms with Gasteiger partial charge in [0, 0.05) is 36.4 Å². The summed E-state index contributed by atoms with van der Waals surface area (Å²) < 4.78 is 5.37. The first-order valence-corrected chi connectivity index (χ1v) is 9.50. The highest BCUT2D eigenvalue weighted by atomic mass is 16.5. The number of carbonyl (C=O) groups excluding carboxylic acids is 2. The van der Waals surface area contributed by atoms with Crippen LogP contribution in [0.2, 0.25) is 0 Å². The van der Waals surface area contributed by atoms with Gasteiger partial charge in [-0.1, -0.05) is 0 Å². The normalized spacial score (nSPS) is 19.5. The molecule has 0 radical (unpaired) electrons. The predicted molar refractivity (Wildman–Crippen MR) is 105 cm³/mol. The van der Waals surface area contributed by atoms with Crippen LogP contribution in [-0.2, 0) is 9.53 Å². The molecule has 8 nitrogen and oxygen atoms in total. The number of fused-ring (bicyclic) bond motifs is 1. The zero-order chi connectivity index (χ0) is 20.3. The highest BCUT2D eigenvalue weighted by molar-refractivity contribution is 6.04. The largest absolute Gasteiger partial charge is 0.459 e. The third kappa shape index (κ3) is 4.09. The number of hydrogen-bond acceptors (Lipinski definition) is 6. The van der Waals surface area contributed by atoms with Gasteiger partial charge in [0.05, 0.1) is 17.9 Å². The smallest absolute Gasteiger partial charge is 0.342 e. The summed E-state index contributed by atoms with van der Waals surface area (Å²) in [5.41, 5.74) is 1.70. The summed E-state index contributed by atoms with van der Waals surface area (Å²) in [4.78, 5) is 33.9. The average Bonchev–Trinajstić information content (AvgIpc) is 3.12. The number of nitrogens with zero attached hydrogens (tertiary/aromatic N) is 3. The number of aromatic nitrogens is 2. The van der Waals surface area contributed by atoms with Gasteiger partial charge in [-0.3, -0.25) is 4.79 Å². The molecule has 0 bridgehead atoms. The average molecular weight is 383 g/mol. The van der Waals surface area contributed by atoms with Gasteiger partial charge >= 0.3 is 5.97 Å². The number of piperidine rings is 1. The van der Waals surface area contributed by atoms with E-state index >= 15 is 0 Å². The lowest BCUT2D eigenvalue weighted by molar-refractivity contribution is -0.133. The van der Waals surface area contributed by atoms with E-state index in [1.54, 1.807) is 24.9 Å². The zero-order valence-corrected chi connectivity index (χ0v) is 16.4. The number of amides is 1. The number of hydrogen-bond donors (Lipinski definition) is 2. The van der Waals surface area contributed by atoms with Crippen LogP contribution in [0.1, 0.15) is 50.4 Å². The van der Waals surface area contributed by atoms with Crippen molar-refractivity contribution in [2.45, 2.75) is 58.2 Å². The van der Waals surface area contributed by atoms with Crippen LogP contribution in [0.25, 0.3) is 11.0 Å². The molecule has 1 aliphatic heterocycles. The van der Waals surface area contributed by atoms with Gasteiger partial charge in [-0.15, -0.1) is 0 Å². The van der Waals surface area contributed by atoms with Crippen molar-refractivity contribution < 1.29 is 14.3 Å². The summed E-state index contributed by atoms with van der Waals surface area (Å²) in [6.07, 6.45) is 4.59. The van der Waals surface area contributed by atoms with E-state index in [9.17, 15) is 9.59 Å². The number of esters is 1. The van der Waals surface area contributed by atoms with Crippen LogP contribution in [0.15, 0.2) is 18.5 Å². The molecule has 148 valence electrons. The number of H-pyrrole nitrogens is 1.